The topological polar surface area (TPSA) is 80.3 Å². The summed E-state index contributed by atoms with van der Waals surface area (Å²) < 4.78 is 11.1. The third kappa shape index (κ3) is 4.73. The average Bonchev–Trinajstić information content (AvgIpc) is 2.79. The van der Waals surface area contributed by atoms with Crippen LogP contribution >= 0.6 is 0 Å². The van der Waals surface area contributed by atoms with Crippen LogP contribution in [-0.4, -0.2) is 35.2 Å². The molecule has 158 valence electrons. The fourth-order valence-corrected chi connectivity index (χ4v) is 3.29. The molecule has 0 aliphatic carbocycles. The van der Waals surface area contributed by atoms with Gasteiger partial charge in [0.1, 0.15) is 5.75 Å². The Morgan fingerprint density at radius 2 is 1.71 bits per heavy atom. The molecule has 0 saturated heterocycles. The second-order valence-corrected chi connectivity index (χ2v) is 7.34. The minimum absolute atomic E-state index is 0.132. The zero-order valence-corrected chi connectivity index (χ0v) is 17.7. The minimum atomic E-state index is -0.262. The van der Waals surface area contributed by atoms with E-state index in [4.69, 9.17) is 9.47 Å². The molecular formula is C24H24N4O3. The molecule has 1 unspecified atom stereocenters. The van der Waals surface area contributed by atoms with Crippen LogP contribution in [0.2, 0.25) is 0 Å². The van der Waals surface area contributed by atoms with E-state index in [9.17, 15) is 4.79 Å². The van der Waals surface area contributed by atoms with E-state index in [1.165, 1.54) is 11.8 Å². The van der Waals surface area contributed by atoms with E-state index in [0.29, 0.717) is 16.7 Å². The number of nitrogens with zero attached hydrogens (tertiary/aromatic N) is 3. The normalized spacial score (nSPS) is 12.0. The first kappa shape index (κ1) is 20.6. The highest BCUT2D eigenvalue weighted by molar-refractivity contribution is 5.76. The molecule has 0 bridgehead atoms. The highest BCUT2D eigenvalue weighted by Crippen LogP contribution is 2.27. The van der Waals surface area contributed by atoms with Gasteiger partial charge in [-0.1, -0.05) is 12.1 Å². The van der Waals surface area contributed by atoms with Gasteiger partial charge in [0.05, 0.1) is 23.2 Å². The molecule has 0 radical (unpaired) electrons. The Kier molecular flexibility index (Phi) is 5.95. The van der Waals surface area contributed by atoms with Gasteiger partial charge in [0.2, 0.25) is 0 Å². The van der Waals surface area contributed by atoms with Gasteiger partial charge in [0.25, 0.3) is 5.56 Å². The monoisotopic (exact) mass is 416 g/mol. The minimum Gasteiger partial charge on any atom is -0.426 e. The number of pyridine rings is 1. The van der Waals surface area contributed by atoms with Crippen molar-refractivity contribution in [3.05, 3.63) is 82.9 Å². The van der Waals surface area contributed by atoms with Crippen LogP contribution in [0.5, 0.6) is 11.8 Å². The number of hydrogen-bond donors (Lipinski definition) is 1. The van der Waals surface area contributed by atoms with Crippen molar-refractivity contribution in [1.29, 1.82) is 0 Å². The van der Waals surface area contributed by atoms with Gasteiger partial charge in [-0.2, -0.15) is 4.98 Å². The summed E-state index contributed by atoms with van der Waals surface area (Å²) in [5.74, 6) is 0.576. The molecule has 4 aromatic rings. The van der Waals surface area contributed by atoms with Gasteiger partial charge < -0.3 is 14.4 Å². The molecule has 2 heterocycles. The van der Waals surface area contributed by atoms with Gasteiger partial charge in [0, 0.05) is 31.7 Å². The lowest BCUT2D eigenvalue weighted by molar-refractivity contribution is 0.119. The molecule has 7 heteroatoms. The van der Waals surface area contributed by atoms with Crippen molar-refractivity contribution >= 4 is 22.3 Å². The Morgan fingerprint density at radius 1 is 1.03 bits per heavy atom. The van der Waals surface area contributed by atoms with Crippen LogP contribution in [0.3, 0.4) is 0 Å². The number of ether oxygens (including phenoxy) is 2. The smallest absolute Gasteiger partial charge is 0.302 e. The fourth-order valence-electron chi connectivity index (χ4n) is 3.29. The standard InChI is InChI=1S/C24H24N4O3/c1-16(30-3)14-17-4-6-18(7-5-17)28(2)19-8-10-20(11-9-19)31-24-26-22-15-25-13-12-21(22)23(29)27-24/h4-13,15-16H,14H2,1-3H3,(H,26,27,29). The van der Waals surface area contributed by atoms with E-state index in [0.717, 1.165) is 17.8 Å². The molecule has 0 saturated carbocycles. The van der Waals surface area contributed by atoms with Crippen molar-refractivity contribution in [2.24, 2.45) is 0 Å². The number of fused-ring (bicyclic) bond motifs is 1. The lowest BCUT2D eigenvalue weighted by atomic mass is 10.1. The number of hydrogen-bond acceptors (Lipinski definition) is 6. The Morgan fingerprint density at radius 3 is 2.39 bits per heavy atom. The van der Waals surface area contributed by atoms with Gasteiger partial charge >= 0.3 is 6.01 Å². The highest BCUT2D eigenvalue weighted by Gasteiger charge is 2.08. The van der Waals surface area contributed by atoms with Crippen molar-refractivity contribution in [2.75, 3.05) is 19.1 Å². The summed E-state index contributed by atoms with van der Waals surface area (Å²) in [6, 6.07) is 17.8. The molecule has 2 aromatic heterocycles. The number of anilines is 2. The summed E-state index contributed by atoms with van der Waals surface area (Å²) in [6.45, 7) is 2.06. The molecule has 0 amide bonds. The first-order valence-electron chi connectivity index (χ1n) is 10.0. The number of methoxy groups -OCH3 is 1. The zero-order chi connectivity index (χ0) is 21.8. The molecule has 2 aromatic carbocycles. The van der Waals surface area contributed by atoms with Crippen molar-refractivity contribution in [3.63, 3.8) is 0 Å². The molecule has 1 atom stereocenters. The average molecular weight is 416 g/mol. The van der Waals surface area contributed by atoms with E-state index in [2.05, 4.69) is 51.0 Å². The molecule has 0 spiro atoms. The lowest BCUT2D eigenvalue weighted by Crippen LogP contribution is -2.11. The maximum atomic E-state index is 12.2. The van der Waals surface area contributed by atoms with Crippen molar-refractivity contribution < 1.29 is 9.47 Å². The molecule has 1 N–H and O–H groups in total. The second-order valence-electron chi connectivity index (χ2n) is 7.34. The number of benzene rings is 2. The van der Waals surface area contributed by atoms with Crippen LogP contribution in [0.25, 0.3) is 10.9 Å². The Bertz CT molecular complexity index is 1220. The van der Waals surface area contributed by atoms with E-state index < -0.39 is 0 Å². The molecule has 0 fully saturated rings. The summed E-state index contributed by atoms with van der Waals surface area (Å²) in [6.07, 6.45) is 4.17. The summed E-state index contributed by atoms with van der Waals surface area (Å²) in [4.78, 5) is 25.2. The van der Waals surface area contributed by atoms with Crippen molar-refractivity contribution in [2.45, 2.75) is 19.4 Å². The SMILES string of the molecule is COC(C)Cc1ccc(N(C)c2ccc(Oc3nc4cnccc4c(=O)[nH]3)cc2)cc1. The summed E-state index contributed by atoms with van der Waals surface area (Å²) in [5.41, 5.74) is 3.55. The predicted molar refractivity (Wildman–Crippen MR) is 121 cm³/mol. The first-order chi connectivity index (χ1) is 15.0. The molecule has 31 heavy (non-hydrogen) atoms. The third-order valence-electron chi connectivity index (χ3n) is 5.17. The van der Waals surface area contributed by atoms with Crippen LogP contribution in [0, 0.1) is 0 Å². The van der Waals surface area contributed by atoms with Crippen molar-refractivity contribution in [1.82, 2.24) is 15.0 Å². The van der Waals surface area contributed by atoms with Gasteiger partial charge in [0.15, 0.2) is 0 Å². The van der Waals surface area contributed by atoms with Crippen LogP contribution in [0.1, 0.15) is 12.5 Å². The first-order valence-corrected chi connectivity index (χ1v) is 10.0. The third-order valence-corrected chi connectivity index (χ3v) is 5.17. The van der Waals surface area contributed by atoms with Gasteiger partial charge in [-0.05, 0) is 61.4 Å². The quantitative estimate of drug-likeness (QED) is 0.479. The molecule has 0 aliphatic heterocycles. The molecule has 0 aliphatic rings. The van der Waals surface area contributed by atoms with Gasteiger partial charge in [-0.15, -0.1) is 0 Å². The Balaban J connectivity index is 1.47. The fraction of sp³-hybridized carbons (Fsp3) is 0.208. The van der Waals surface area contributed by atoms with Gasteiger partial charge in [-0.3, -0.25) is 14.8 Å². The Hall–Kier alpha value is -3.71. The molecule has 4 rings (SSSR count). The maximum Gasteiger partial charge on any atom is 0.302 e. The Labute approximate surface area is 180 Å². The van der Waals surface area contributed by atoms with E-state index in [1.807, 2.05) is 31.3 Å². The van der Waals surface area contributed by atoms with Crippen LogP contribution < -0.4 is 15.2 Å². The lowest BCUT2D eigenvalue weighted by Gasteiger charge is -2.20. The number of rotatable bonds is 7. The number of aromatic amines is 1. The number of H-pyrrole nitrogens is 1. The molecule has 7 nitrogen and oxygen atoms in total. The van der Waals surface area contributed by atoms with E-state index in [-0.39, 0.29) is 17.7 Å². The predicted octanol–water partition coefficient (Wildman–Crippen LogP) is 4.46. The highest BCUT2D eigenvalue weighted by atomic mass is 16.5. The van der Waals surface area contributed by atoms with Crippen LogP contribution in [-0.2, 0) is 11.2 Å². The second kappa shape index (κ2) is 8.97. The van der Waals surface area contributed by atoms with E-state index >= 15 is 0 Å². The maximum absolute atomic E-state index is 12.2. The number of aromatic nitrogens is 3. The summed E-state index contributed by atoms with van der Waals surface area (Å²) in [5, 5.41) is 0.474. The van der Waals surface area contributed by atoms with Crippen LogP contribution in [0.15, 0.2) is 71.8 Å². The zero-order valence-electron chi connectivity index (χ0n) is 17.7. The van der Waals surface area contributed by atoms with Crippen molar-refractivity contribution in [3.8, 4) is 11.8 Å². The summed E-state index contributed by atoms with van der Waals surface area (Å²) in [7, 11) is 3.74. The molecular weight excluding hydrogens is 392 g/mol. The van der Waals surface area contributed by atoms with E-state index in [1.54, 1.807) is 19.4 Å². The number of nitrogens with one attached hydrogen (secondary N) is 1. The largest absolute Gasteiger partial charge is 0.426 e. The van der Waals surface area contributed by atoms with Gasteiger partial charge in [-0.25, -0.2) is 0 Å². The summed E-state index contributed by atoms with van der Waals surface area (Å²) >= 11 is 0. The van der Waals surface area contributed by atoms with Crippen LogP contribution in [0.4, 0.5) is 11.4 Å².